The van der Waals surface area contributed by atoms with Crippen LogP contribution in [-0.2, 0) is 11.8 Å². The number of hydrogen-bond donors (Lipinski definition) is 1. The fourth-order valence-electron chi connectivity index (χ4n) is 3.29. The summed E-state index contributed by atoms with van der Waals surface area (Å²) < 4.78 is 7.33. The number of aromatic nitrogens is 4. The monoisotopic (exact) mass is 345 g/mol. The number of anilines is 1. The summed E-state index contributed by atoms with van der Waals surface area (Å²) in [4.78, 5) is 11.1. The minimum Gasteiger partial charge on any atom is -0.386 e. The lowest BCUT2D eigenvalue weighted by Crippen LogP contribution is -2.42. The van der Waals surface area contributed by atoms with Gasteiger partial charge in [-0.3, -0.25) is 4.68 Å². The molecule has 0 amide bonds. The lowest BCUT2D eigenvalue weighted by Gasteiger charge is -2.29. The van der Waals surface area contributed by atoms with Gasteiger partial charge in [0.1, 0.15) is 17.7 Å². The first kappa shape index (κ1) is 15.7. The maximum absolute atomic E-state index is 10.5. The summed E-state index contributed by atoms with van der Waals surface area (Å²) in [6.45, 7) is 3.80. The van der Waals surface area contributed by atoms with E-state index in [1.54, 1.807) is 17.9 Å². The predicted molar refractivity (Wildman–Crippen MR) is 96.8 cm³/mol. The topological polar surface area (TPSA) is 76.3 Å². The maximum atomic E-state index is 10.5. The molecule has 126 valence electrons. The molecule has 0 saturated carbocycles. The molecule has 0 bridgehead atoms. The number of ether oxygens (including phenoxy) is 1. The molecule has 1 fully saturated rings. The lowest BCUT2D eigenvalue weighted by molar-refractivity contribution is -0.0123. The quantitative estimate of drug-likeness (QED) is 0.651. The van der Waals surface area contributed by atoms with Gasteiger partial charge in [0.2, 0.25) is 0 Å². The van der Waals surface area contributed by atoms with Gasteiger partial charge in [-0.05, 0) is 18.3 Å². The van der Waals surface area contributed by atoms with Gasteiger partial charge in [-0.2, -0.15) is 5.10 Å². The summed E-state index contributed by atoms with van der Waals surface area (Å²) in [5.41, 5.74) is 0.875. The van der Waals surface area contributed by atoms with Crippen molar-refractivity contribution < 1.29 is 9.84 Å². The second-order valence-electron chi connectivity index (χ2n) is 6.59. The Morgan fingerprint density at radius 3 is 3.04 bits per heavy atom. The molecule has 0 spiro atoms. The van der Waals surface area contributed by atoms with Crippen LogP contribution in [0.5, 0.6) is 0 Å². The van der Waals surface area contributed by atoms with Gasteiger partial charge >= 0.3 is 0 Å². The smallest absolute Gasteiger partial charge is 0.140 e. The largest absolute Gasteiger partial charge is 0.386 e. The molecule has 8 heteroatoms. The highest BCUT2D eigenvalue weighted by molar-refractivity contribution is 7.28. The van der Waals surface area contributed by atoms with E-state index in [4.69, 9.17) is 4.74 Å². The van der Waals surface area contributed by atoms with Crippen molar-refractivity contribution in [3.8, 4) is 0 Å². The second-order valence-corrected chi connectivity index (χ2v) is 7.22. The highest BCUT2D eigenvalue weighted by atomic mass is 31.0. The average molecular weight is 345 g/mol. The number of β-amino-alcohol motifs (C(OH)–C–C–N with tert-alkyl or cyclic N) is 1. The number of rotatable bonds is 1. The third kappa shape index (κ3) is 2.62. The fraction of sp³-hybridized carbons (Fsp3) is 0.438. The van der Waals surface area contributed by atoms with E-state index in [2.05, 4.69) is 29.2 Å². The number of aliphatic hydroxyl groups is 1. The molecule has 0 radical (unpaired) electrons. The Bertz CT molecular complexity index is 924. The van der Waals surface area contributed by atoms with E-state index in [0.717, 1.165) is 32.9 Å². The highest BCUT2D eigenvalue weighted by Crippen LogP contribution is 2.31. The molecule has 2 atom stereocenters. The summed E-state index contributed by atoms with van der Waals surface area (Å²) in [6.07, 6.45) is 3.56. The van der Waals surface area contributed by atoms with Crippen LogP contribution in [0.15, 0.2) is 18.6 Å². The van der Waals surface area contributed by atoms with Crippen molar-refractivity contribution in [1.29, 1.82) is 0 Å². The van der Waals surface area contributed by atoms with Gasteiger partial charge in [0.15, 0.2) is 0 Å². The Morgan fingerprint density at radius 1 is 1.38 bits per heavy atom. The van der Waals surface area contributed by atoms with Crippen molar-refractivity contribution in [2.75, 3.05) is 31.2 Å². The van der Waals surface area contributed by atoms with Gasteiger partial charge in [-0.25, -0.2) is 9.97 Å². The Morgan fingerprint density at radius 2 is 2.21 bits per heavy atom. The number of fused-ring (bicyclic) bond motifs is 3. The highest BCUT2D eigenvalue weighted by Gasteiger charge is 2.29. The Balaban J connectivity index is 1.98. The summed E-state index contributed by atoms with van der Waals surface area (Å²) in [6, 6.07) is 2.01. The number of hydrogen-bond acceptors (Lipinski definition) is 6. The average Bonchev–Trinajstić information content (AvgIpc) is 2.79. The van der Waals surface area contributed by atoms with Crippen molar-refractivity contribution in [3.05, 3.63) is 18.6 Å². The van der Waals surface area contributed by atoms with Crippen LogP contribution in [0.25, 0.3) is 21.8 Å². The first-order valence-electron chi connectivity index (χ1n) is 7.86. The molecular formula is C16H20N5O2P. The third-order valence-corrected chi connectivity index (χ3v) is 4.71. The SMILES string of the molecule is Cn1cc2c(cc(P)c3ncnc(N4CCOCC(C)(O)C4)c32)n1. The number of benzene rings is 1. The van der Waals surface area contributed by atoms with Crippen LogP contribution >= 0.6 is 9.24 Å². The van der Waals surface area contributed by atoms with Crippen LogP contribution in [0.3, 0.4) is 0 Å². The molecule has 0 aliphatic carbocycles. The molecule has 2 unspecified atom stereocenters. The predicted octanol–water partition coefficient (Wildman–Crippen LogP) is 0.604. The van der Waals surface area contributed by atoms with E-state index in [0.29, 0.717) is 26.3 Å². The van der Waals surface area contributed by atoms with E-state index in [-0.39, 0.29) is 0 Å². The lowest BCUT2D eigenvalue weighted by atomic mass is 10.1. The van der Waals surface area contributed by atoms with E-state index in [1.807, 2.05) is 19.3 Å². The van der Waals surface area contributed by atoms with Crippen molar-refractivity contribution in [1.82, 2.24) is 19.7 Å². The maximum Gasteiger partial charge on any atom is 0.140 e. The van der Waals surface area contributed by atoms with Crippen LogP contribution in [0, 0.1) is 0 Å². The van der Waals surface area contributed by atoms with Gasteiger partial charge in [-0.1, -0.05) is 0 Å². The molecule has 1 N–H and O–H groups in total. The zero-order chi connectivity index (χ0) is 16.9. The molecule has 3 aromatic rings. The Hall–Kier alpha value is -1.82. The molecule has 24 heavy (non-hydrogen) atoms. The first-order valence-corrected chi connectivity index (χ1v) is 8.44. The van der Waals surface area contributed by atoms with Crippen LogP contribution < -0.4 is 10.2 Å². The van der Waals surface area contributed by atoms with E-state index in [9.17, 15) is 5.11 Å². The van der Waals surface area contributed by atoms with Crippen LogP contribution in [0.4, 0.5) is 5.82 Å². The van der Waals surface area contributed by atoms with E-state index >= 15 is 0 Å². The van der Waals surface area contributed by atoms with E-state index < -0.39 is 5.60 Å². The minimum absolute atomic E-state index is 0.323. The zero-order valence-corrected chi connectivity index (χ0v) is 14.9. The Labute approximate surface area is 141 Å². The molecule has 1 aliphatic heterocycles. The van der Waals surface area contributed by atoms with Crippen LogP contribution in [0.1, 0.15) is 6.92 Å². The summed E-state index contributed by atoms with van der Waals surface area (Å²) in [5.74, 6) is 0.813. The normalized spacial score (nSPS) is 22.2. The molecule has 2 aromatic heterocycles. The molecule has 4 rings (SSSR count). The number of nitrogens with zero attached hydrogens (tertiary/aromatic N) is 5. The van der Waals surface area contributed by atoms with Crippen LogP contribution in [-0.4, -0.2) is 56.8 Å². The summed E-state index contributed by atoms with van der Waals surface area (Å²) in [7, 11) is 4.63. The van der Waals surface area contributed by atoms with Gasteiger partial charge in [0.25, 0.3) is 0 Å². The fourth-order valence-corrected chi connectivity index (χ4v) is 3.66. The Kier molecular flexibility index (Phi) is 3.67. The van der Waals surface area contributed by atoms with Crippen molar-refractivity contribution in [2.24, 2.45) is 7.05 Å². The molecular weight excluding hydrogens is 325 g/mol. The minimum atomic E-state index is -0.916. The zero-order valence-electron chi connectivity index (χ0n) is 13.7. The molecule has 7 nitrogen and oxygen atoms in total. The van der Waals surface area contributed by atoms with Gasteiger partial charge in [0.05, 0.1) is 36.2 Å². The number of aryl methyl sites for hydroxylation is 1. The molecule has 3 heterocycles. The molecule has 1 aromatic carbocycles. The first-order chi connectivity index (χ1) is 11.4. The standard InChI is InChI=1S/C16H20N5O2P/c1-16(22)7-21(3-4-23-8-16)15-13-10-6-20(2)19-11(10)5-12(24)14(13)17-9-18-15/h5-6,9,22H,3-4,7-8,24H2,1-2H3. The second kappa shape index (κ2) is 5.62. The summed E-state index contributed by atoms with van der Waals surface area (Å²) >= 11 is 0. The van der Waals surface area contributed by atoms with Crippen LogP contribution in [0.2, 0.25) is 0 Å². The van der Waals surface area contributed by atoms with Gasteiger partial charge in [0, 0.05) is 25.2 Å². The van der Waals surface area contributed by atoms with Gasteiger partial charge in [-0.15, -0.1) is 9.24 Å². The van der Waals surface area contributed by atoms with E-state index in [1.165, 1.54) is 0 Å². The molecule has 1 aliphatic rings. The van der Waals surface area contributed by atoms with Crippen molar-refractivity contribution in [2.45, 2.75) is 12.5 Å². The van der Waals surface area contributed by atoms with Gasteiger partial charge < -0.3 is 14.7 Å². The third-order valence-electron chi connectivity index (χ3n) is 4.27. The van der Waals surface area contributed by atoms with Crippen molar-refractivity contribution >= 4 is 42.2 Å². The molecule has 1 saturated heterocycles. The summed E-state index contributed by atoms with van der Waals surface area (Å²) in [5, 5.41) is 18.0. The van der Waals surface area contributed by atoms with Crippen molar-refractivity contribution in [3.63, 3.8) is 0 Å².